The molecule has 0 saturated heterocycles. The van der Waals surface area contributed by atoms with Crippen molar-refractivity contribution in [3.05, 3.63) is 36.7 Å². The zero-order chi connectivity index (χ0) is 12.8. The second kappa shape index (κ2) is 6.11. The molecule has 0 bridgehead atoms. The van der Waals surface area contributed by atoms with Gasteiger partial charge >= 0.3 is 0 Å². The monoisotopic (exact) mass is 260 g/mol. The summed E-state index contributed by atoms with van der Waals surface area (Å²) in [6, 6.07) is 7.46. The smallest absolute Gasteiger partial charge is 0.218 e. The molecule has 2 aromatic rings. The Morgan fingerprint density at radius 2 is 2.06 bits per heavy atom. The van der Waals surface area contributed by atoms with E-state index in [1.165, 1.54) is 11.8 Å². The van der Waals surface area contributed by atoms with Gasteiger partial charge in [0, 0.05) is 24.6 Å². The Bertz CT molecular complexity index is 533. The van der Waals surface area contributed by atoms with Crippen LogP contribution in [0.5, 0.6) is 0 Å². The first kappa shape index (κ1) is 12.5. The number of rotatable bonds is 5. The zero-order valence-electron chi connectivity index (χ0n) is 9.61. The lowest BCUT2D eigenvalue weighted by Gasteiger charge is -2.02. The molecule has 0 aliphatic heterocycles. The molecular formula is C12H12N4OS. The topological polar surface area (TPSA) is 81.8 Å². The number of carbonyl (C=O) groups excluding carboxylic acids is 1. The molecule has 5 nitrogen and oxygen atoms in total. The number of hydrogen-bond donors (Lipinski definition) is 1. The summed E-state index contributed by atoms with van der Waals surface area (Å²) >= 11 is 1.41. The van der Waals surface area contributed by atoms with Gasteiger partial charge in [-0.1, -0.05) is 17.8 Å². The fourth-order valence-corrected chi connectivity index (χ4v) is 2.09. The highest BCUT2D eigenvalue weighted by Gasteiger charge is 2.04. The molecule has 1 amide bonds. The van der Waals surface area contributed by atoms with E-state index in [0.29, 0.717) is 17.3 Å². The fourth-order valence-electron chi connectivity index (χ4n) is 1.31. The van der Waals surface area contributed by atoms with Crippen molar-refractivity contribution in [2.45, 2.75) is 11.6 Å². The minimum atomic E-state index is -0.316. The number of nitrogens with two attached hydrogens (primary N) is 1. The van der Waals surface area contributed by atoms with Crippen LogP contribution >= 0.6 is 11.8 Å². The SMILES string of the molecule is NC(=O)CCSc1nccc(-c2ccccn2)n1. The lowest BCUT2D eigenvalue weighted by atomic mass is 10.3. The lowest BCUT2D eigenvalue weighted by molar-refractivity contribution is -0.117. The highest BCUT2D eigenvalue weighted by atomic mass is 32.2. The van der Waals surface area contributed by atoms with E-state index >= 15 is 0 Å². The predicted octanol–water partition coefficient (Wildman–Crippen LogP) is 1.51. The Kier molecular flexibility index (Phi) is 4.25. The molecule has 6 heteroatoms. The van der Waals surface area contributed by atoms with Crippen molar-refractivity contribution >= 4 is 17.7 Å². The van der Waals surface area contributed by atoms with Crippen LogP contribution in [0.25, 0.3) is 11.4 Å². The Balaban J connectivity index is 2.08. The summed E-state index contributed by atoms with van der Waals surface area (Å²) in [5, 5.41) is 0.624. The van der Waals surface area contributed by atoms with Crippen molar-refractivity contribution in [3.63, 3.8) is 0 Å². The highest BCUT2D eigenvalue weighted by molar-refractivity contribution is 7.99. The number of thioether (sulfide) groups is 1. The maximum absolute atomic E-state index is 10.6. The van der Waals surface area contributed by atoms with Crippen LogP contribution in [0.15, 0.2) is 41.8 Å². The van der Waals surface area contributed by atoms with E-state index in [9.17, 15) is 4.79 Å². The van der Waals surface area contributed by atoms with Gasteiger partial charge in [-0.2, -0.15) is 0 Å². The van der Waals surface area contributed by atoms with Crippen LogP contribution in [0.4, 0.5) is 0 Å². The van der Waals surface area contributed by atoms with Gasteiger partial charge in [-0.25, -0.2) is 9.97 Å². The van der Waals surface area contributed by atoms with Gasteiger partial charge < -0.3 is 5.73 Å². The maximum Gasteiger partial charge on any atom is 0.218 e. The fraction of sp³-hybridized carbons (Fsp3) is 0.167. The molecule has 0 fully saturated rings. The molecule has 2 aromatic heterocycles. The van der Waals surface area contributed by atoms with Crippen molar-refractivity contribution in [3.8, 4) is 11.4 Å². The van der Waals surface area contributed by atoms with Gasteiger partial charge in [-0.05, 0) is 18.2 Å². The van der Waals surface area contributed by atoms with Crippen LogP contribution in [0.1, 0.15) is 6.42 Å². The molecule has 0 aliphatic carbocycles. The first-order valence-corrected chi connectivity index (χ1v) is 6.40. The molecule has 2 heterocycles. The van der Waals surface area contributed by atoms with E-state index in [0.717, 1.165) is 11.4 Å². The van der Waals surface area contributed by atoms with E-state index in [-0.39, 0.29) is 5.91 Å². The number of amides is 1. The Morgan fingerprint density at radius 1 is 1.17 bits per heavy atom. The third-order valence-corrected chi connectivity index (χ3v) is 3.00. The number of aromatic nitrogens is 3. The molecule has 0 aliphatic rings. The van der Waals surface area contributed by atoms with Gasteiger partial charge in [-0.3, -0.25) is 9.78 Å². The molecule has 0 radical (unpaired) electrons. The number of primary amides is 1. The van der Waals surface area contributed by atoms with Gasteiger partial charge in [0.2, 0.25) is 5.91 Å². The van der Waals surface area contributed by atoms with Gasteiger partial charge in [0.05, 0.1) is 11.4 Å². The molecule has 2 rings (SSSR count). The number of carbonyl (C=O) groups is 1. The van der Waals surface area contributed by atoms with Crippen LogP contribution in [0.3, 0.4) is 0 Å². The Labute approximate surface area is 109 Å². The van der Waals surface area contributed by atoms with Gasteiger partial charge in [0.1, 0.15) is 0 Å². The van der Waals surface area contributed by atoms with E-state index in [4.69, 9.17) is 5.73 Å². The quantitative estimate of drug-likeness (QED) is 0.651. The predicted molar refractivity (Wildman–Crippen MR) is 69.8 cm³/mol. The second-order valence-corrected chi connectivity index (χ2v) is 4.57. The maximum atomic E-state index is 10.6. The summed E-state index contributed by atoms with van der Waals surface area (Å²) < 4.78 is 0. The van der Waals surface area contributed by atoms with Crippen LogP contribution < -0.4 is 5.73 Å². The standard InChI is InChI=1S/C12H12N4OS/c13-11(17)5-8-18-12-15-7-4-10(16-12)9-3-1-2-6-14-9/h1-4,6-7H,5,8H2,(H2,13,17). The first-order chi connectivity index (χ1) is 8.75. The lowest BCUT2D eigenvalue weighted by Crippen LogP contribution is -2.11. The van der Waals surface area contributed by atoms with Crippen molar-refractivity contribution in [1.29, 1.82) is 0 Å². The molecule has 18 heavy (non-hydrogen) atoms. The molecule has 0 unspecified atom stereocenters. The highest BCUT2D eigenvalue weighted by Crippen LogP contribution is 2.18. The average molecular weight is 260 g/mol. The van der Waals surface area contributed by atoms with Gasteiger partial charge in [0.25, 0.3) is 0 Å². The van der Waals surface area contributed by atoms with Crippen LogP contribution in [0.2, 0.25) is 0 Å². The number of hydrogen-bond acceptors (Lipinski definition) is 5. The van der Waals surface area contributed by atoms with Crippen molar-refractivity contribution in [2.75, 3.05) is 5.75 Å². The third-order valence-electron chi connectivity index (χ3n) is 2.14. The summed E-state index contributed by atoms with van der Waals surface area (Å²) in [6.45, 7) is 0. The largest absolute Gasteiger partial charge is 0.370 e. The van der Waals surface area contributed by atoms with E-state index in [1.54, 1.807) is 18.5 Å². The van der Waals surface area contributed by atoms with Crippen LogP contribution in [-0.4, -0.2) is 26.6 Å². The minimum absolute atomic E-state index is 0.316. The molecule has 0 atom stereocenters. The number of pyridine rings is 1. The normalized spacial score (nSPS) is 10.2. The summed E-state index contributed by atoms with van der Waals surface area (Å²) in [7, 11) is 0. The second-order valence-electron chi connectivity index (χ2n) is 3.50. The molecular weight excluding hydrogens is 248 g/mol. The summed E-state index contributed by atoms with van der Waals surface area (Å²) in [4.78, 5) is 23.4. The van der Waals surface area contributed by atoms with Gasteiger partial charge in [-0.15, -0.1) is 0 Å². The zero-order valence-corrected chi connectivity index (χ0v) is 10.4. The summed E-state index contributed by atoms with van der Waals surface area (Å²) in [5.74, 6) is 0.268. The first-order valence-electron chi connectivity index (χ1n) is 5.41. The third kappa shape index (κ3) is 3.53. The van der Waals surface area contributed by atoms with E-state index in [1.807, 2.05) is 18.2 Å². The van der Waals surface area contributed by atoms with E-state index in [2.05, 4.69) is 15.0 Å². The van der Waals surface area contributed by atoms with Crippen molar-refractivity contribution in [1.82, 2.24) is 15.0 Å². The van der Waals surface area contributed by atoms with E-state index < -0.39 is 0 Å². The molecule has 92 valence electrons. The van der Waals surface area contributed by atoms with Crippen LogP contribution in [-0.2, 0) is 4.79 Å². The summed E-state index contributed by atoms with van der Waals surface area (Å²) in [5.41, 5.74) is 6.65. The Morgan fingerprint density at radius 3 is 2.78 bits per heavy atom. The van der Waals surface area contributed by atoms with Crippen LogP contribution in [0, 0.1) is 0 Å². The minimum Gasteiger partial charge on any atom is -0.370 e. The number of nitrogens with zero attached hydrogens (tertiary/aromatic N) is 3. The molecule has 0 saturated carbocycles. The van der Waals surface area contributed by atoms with Crippen molar-refractivity contribution in [2.24, 2.45) is 5.73 Å². The van der Waals surface area contributed by atoms with Gasteiger partial charge in [0.15, 0.2) is 5.16 Å². The average Bonchev–Trinajstić information content (AvgIpc) is 2.40. The molecule has 0 spiro atoms. The molecule has 0 aromatic carbocycles. The van der Waals surface area contributed by atoms with Crippen molar-refractivity contribution < 1.29 is 4.79 Å². The molecule has 2 N–H and O–H groups in total. The summed E-state index contributed by atoms with van der Waals surface area (Å²) in [6.07, 6.45) is 3.73. The Hall–Kier alpha value is -1.95.